The number of nitrogens with one attached hydrogen (secondary N) is 1. The molecule has 0 aromatic heterocycles. The van der Waals surface area contributed by atoms with E-state index >= 15 is 0 Å². The van der Waals surface area contributed by atoms with Crippen LogP contribution in [0.25, 0.3) is 0 Å². The van der Waals surface area contributed by atoms with E-state index in [4.69, 9.17) is 9.47 Å². The lowest BCUT2D eigenvalue weighted by Crippen LogP contribution is -2.48. The van der Waals surface area contributed by atoms with Gasteiger partial charge in [0.25, 0.3) is 0 Å². The molecule has 18 heavy (non-hydrogen) atoms. The zero-order valence-corrected chi connectivity index (χ0v) is 12.0. The lowest BCUT2D eigenvalue weighted by Gasteiger charge is -2.38. The highest BCUT2D eigenvalue weighted by atomic mass is 16.5. The number of hydrogen-bond donors (Lipinski definition) is 1. The van der Waals surface area contributed by atoms with Gasteiger partial charge in [0.1, 0.15) is 0 Å². The van der Waals surface area contributed by atoms with Crippen molar-refractivity contribution in [1.82, 2.24) is 10.2 Å². The molecule has 2 aliphatic rings. The van der Waals surface area contributed by atoms with Crippen LogP contribution in [-0.4, -0.2) is 62.5 Å². The maximum Gasteiger partial charge on any atom is 0.0726 e. The second-order valence-electron chi connectivity index (χ2n) is 5.91. The smallest absolute Gasteiger partial charge is 0.0726 e. The minimum absolute atomic E-state index is 0.358. The summed E-state index contributed by atoms with van der Waals surface area (Å²) in [5.74, 6) is 0.565. The Morgan fingerprint density at radius 1 is 1.22 bits per heavy atom. The quantitative estimate of drug-likeness (QED) is 0.817. The van der Waals surface area contributed by atoms with Crippen LogP contribution in [0.15, 0.2) is 0 Å². The van der Waals surface area contributed by atoms with Crippen molar-refractivity contribution in [3.05, 3.63) is 0 Å². The minimum Gasteiger partial charge on any atom is -0.376 e. The van der Waals surface area contributed by atoms with Gasteiger partial charge in [0.05, 0.1) is 25.4 Å². The predicted octanol–water partition coefficient (Wildman–Crippen LogP) is 1.11. The molecular formula is C14H28N2O2. The first kappa shape index (κ1) is 14.3. The molecule has 2 saturated heterocycles. The Balaban J connectivity index is 1.77. The number of hydrogen-bond acceptors (Lipinski definition) is 4. The van der Waals surface area contributed by atoms with E-state index in [2.05, 4.69) is 31.0 Å². The van der Waals surface area contributed by atoms with Gasteiger partial charge in [0, 0.05) is 32.2 Å². The Hall–Kier alpha value is -0.160. The molecule has 0 spiro atoms. The SMILES string of the molecule is CC(CC1CN(C(C)C)CCO1)C1CNCCO1. The molecule has 106 valence electrons. The third-order valence-corrected chi connectivity index (χ3v) is 4.13. The van der Waals surface area contributed by atoms with Crippen molar-refractivity contribution < 1.29 is 9.47 Å². The normalized spacial score (nSPS) is 32.7. The van der Waals surface area contributed by atoms with Crippen molar-refractivity contribution in [3.8, 4) is 0 Å². The van der Waals surface area contributed by atoms with Gasteiger partial charge in [0.15, 0.2) is 0 Å². The van der Waals surface area contributed by atoms with Crippen LogP contribution in [0.5, 0.6) is 0 Å². The fourth-order valence-electron chi connectivity index (χ4n) is 2.87. The predicted molar refractivity (Wildman–Crippen MR) is 72.8 cm³/mol. The van der Waals surface area contributed by atoms with E-state index in [0.717, 1.165) is 45.8 Å². The minimum atomic E-state index is 0.358. The van der Waals surface area contributed by atoms with Gasteiger partial charge < -0.3 is 14.8 Å². The van der Waals surface area contributed by atoms with Crippen molar-refractivity contribution in [2.24, 2.45) is 5.92 Å². The van der Waals surface area contributed by atoms with Gasteiger partial charge in [0.2, 0.25) is 0 Å². The highest BCUT2D eigenvalue weighted by molar-refractivity contribution is 4.80. The summed E-state index contributed by atoms with van der Waals surface area (Å²) in [7, 11) is 0. The number of nitrogens with zero attached hydrogens (tertiary/aromatic N) is 1. The van der Waals surface area contributed by atoms with Crippen LogP contribution in [-0.2, 0) is 9.47 Å². The lowest BCUT2D eigenvalue weighted by molar-refractivity contribution is -0.0678. The lowest BCUT2D eigenvalue weighted by atomic mass is 9.95. The molecule has 0 aliphatic carbocycles. The van der Waals surface area contributed by atoms with Crippen molar-refractivity contribution >= 4 is 0 Å². The topological polar surface area (TPSA) is 33.7 Å². The van der Waals surface area contributed by atoms with Crippen LogP contribution >= 0.6 is 0 Å². The van der Waals surface area contributed by atoms with E-state index in [1.54, 1.807) is 0 Å². The van der Waals surface area contributed by atoms with Crippen molar-refractivity contribution in [1.29, 1.82) is 0 Å². The standard InChI is InChI=1S/C14H28N2O2/c1-11(2)16-5-7-17-13(10-16)8-12(3)14-9-15-4-6-18-14/h11-15H,4-10H2,1-3H3. The van der Waals surface area contributed by atoms with Gasteiger partial charge in [-0.25, -0.2) is 0 Å². The Morgan fingerprint density at radius 2 is 2.06 bits per heavy atom. The average Bonchev–Trinajstić information content (AvgIpc) is 2.40. The summed E-state index contributed by atoms with van der Waals surface area (Å²) in [4.78, 5) is 2.51. The highest BCUT2D eigenvalue weighted by Gasteiger charge is 2.27. The molecule has 0 radical (unpaired) electrons. The molecule has 1 N–H and O–H groups in total. The monoisotopic (exact) mass is 256 g/mol. The molecule has 0 saturated carbocycles. The van der Waals surface area contributed by atoms with E-state index in [9.17, 15) is 0 Å². The maximum absolute atomic E-state index is 5.90. The second-order valence-corrected chi connectivity index (χ2v) is 5.91. The number of rotatable bonds is 4. The summed E-state index contributed by atoms with van der Waals surface area (Å²) in [6.07, 6.45) is 1.84. The summed E-state index contributed by atoms with van der Waals surface area (Å²) in [5.41, 5.74) is 0. The van der Waals surface area contributed by atoms with Crippen LogP contribution in [0, 0.1) is 5.92 Å². The fourth-order valence-corrected chi connectivity index (χ4v) is 2.87. The van der Waals surface area contributed by atoms with E-state index in [0.29, 0.717) is 24.2 Å². The molecule has 2 fully saturated rings. The molecule has 2 rings (SSSR count). The molecule has 4 nitrogen and oxygen atoms in total. The maximum atomic E-state index is 5.90. The average molecular weight is 256 g/mol. The first-order chi connectivity index (χ1) is 8.66. The zero-order valence-electron chi connectivity index (χ0n) is 12.0. The zero-order chi connectivity index (χ0) is 13.0. The molecule has 0 bridgehead atoms. The van der Waals surface area contributed by atoms with E-state index < -0.39 is 0 Å². The molecule has 2 heterocycles. The van der Waals surface area contributed by atoms with Gasteiger partial charge in [-0.1, -0.05) is 6.92 Å². The Labute approximate surface area is 111 Å². The van der Waals surface area contributed by atoms with Crippen LogP contribution < -0.4 is 5.32 Å². The second kappa shape index (κ2) is 6.85. The summed E-state index contributed by atoms with van der Waals surface area (Å²) < 4.78 is 11.7. The molecular weight excluding hydrogens is 228 g/mol. The van der Waals surface area contributed by atoms with Gasteiger partial charge in [-0.3, -0.25) is 4.90 Å². The molecule has 4 heteroatoms. The van der Waals surface area contributed by atoms with Crippen LogP contribution in [0.1, 0.15) is 27.2 Å². The Bertz CT molecular complexity index is 242. The first-order valence-corrected chi connectivity index (χ1v) is 7.34. The van der Waals surface area contributed by atoms with Crippen molar-refractivity contribution in [2.75, 3.05) is 39.4 Å². The van der Waals surface area contributed by atoms with Crippen LogP contribution in [0.2, 0.25) is 0 Å². The summed E-state index contributed by atoms with van der Waals surface area (Å²) in [6, 6.07) is 0.624. The Morgan fingerprint density at radius 3 is 2.72 bits per heavy atom. The fraction of sp³-hybridized carbons (Fsp3) is 1.00. The van der Waals surface area contributed by atoms with E-state index in [1.165, 1.54) is 0 Å². The van der Waals surface area contributed by atoms with Crippen LogP contribution in [0.3, 0.4) is 0 Å². The molecule has 0 amide bonds. The van der Waals surface area contributed by atoms with E-state index in [1.807, 2.05) is 0 Å². The molecule has 3 unspecified atom stereocenters. The largest absolute Gasteiger partial charge is 0.376 e. The van der Waals surface area contributed by atoms with Gasteiger partial charge in [-0.15, -0.1) is 0 Å². The van der Waals surface area contributed by atoms with Gasteiger partial charge >= 0.3 is 0 Å². The summed E-state index contributed by atoms with van der Waals surface area (Å²) in [5, 5.41) is 3.40. The van der Waals surface area contributed by atoms with Crippen molar-refractivity contribution in [3.63, 3.8) is 0 Å². The van der Waals surface area contributed by atoms with E-state index in [-0.39, 0.29) is 0 Å². The summed E-state index contributed by atoms with van der Waals surface area (Å²) >= 11 is 0. The molecule has 0 aromatic rings. The van der Waals surface area contributed by atoms with Gasteiger partial charge in [-0.05, 0) is 26.2 Å². The third-order valence-electron chi connectivity index (χ3n) is 4.13. The molecule has 3 atom stereocenters. The molecule has 0 aromatic carbocycles. The van der Waals surface area contributed by atoms with Crippen LogP contribution in [0.4, 0.5) is 0 Å². The van der Waals surface area contributed by atoms with Crippen molar-refractivity contribution in [2.45, 2.75) is 45.4 Å². The van der Waals surface area contributed by atoms with Gasteiger partial charge in [-0.2, -0.15) is 0 Å². The number of morpholine rings is 2. The summed E-state index contributed by atoms with van der Waals surface area (Å²) in [6.45, 7) is 12.7. The third kappa shape index (κ3) is 3.92. The Kier molecular flexibility index (Phi) is 5.42. The number of ether oxygens (including phenoxy) is 2. The molecule has 2 aliphatic heterocycles. The highest BCUT2D eigenvalue weighted by Crippen LogP contribution is 2.20. The first-order valence-electron chi connectivity index (χ1n) is 7.34.